The Balaban J connectivity index is 2.65. The number of ether oxygens (including phenoxy) is 4. The summed E-state index contributed by atoms with van der Waals surface area (Å²) >= 11 is 1.32. The zero-order chi connectivity index (χ0) is 15.4. The van der Waals surface area contributed by atoms with Gasteiger partial charge in [0.2, 0.25) is 5.75 Å². The van der Waals surface area contributed by atoms with Gasteiger partial charge in [-0.2, -0.15) is 0 Å². The fraction of sp³-hybridized carbons (Fsp3) is 0.286. The highest BCUT2D eigenvalue weighted by Crippen LogP contribution is 2.46. The molecule has 0 aliphatic carbocycles. The smallest absolute Gasteiger partial charge is 0.358 e. The Morgan fingerprint density at radius 2 is 1.76 bits per heavy atom. The monoisotopic (exact) mass is 309 g/mol. The van der Waals surface area contributed by atoms with E-state index in [2.05, 4.69) is 4.98 Å². The van der Waals surface area contributed by atoms with Gasteiger partial charge in [0.15, 0.2) is 17.2 Å². The minimum atomic E-state index is -0.497. The Kier molecular flexibility index (Phi) is 4.64. The number of benzene rings is 1. The number of rotatable bonds is 5. The van der Waals surface area contributed by atoms with Crippen molar-refractivity contribution in [3.8, 4) is 27.7 Å². The van der Waals surface area contributed by atoms with Crippen LogP contribution < -0.4 is 14.2 Å². The highest BCUT2D eigenvalue weighted by atomic mass is 32.1. The van der Waals surface area contributed by atoms with Gasteiger partial charge in [0.25, 0.3) is 0 Å². The molecule has 0 amide bonds. The topological polar surface area (TPSA) is 66.9 Å². The van der Waals surface area contributed by atoms with Gasteiger partial charge in [0.05, 0.1) is 38.8 Å². The molecule has 0 radical (unpaired) electrons. The summed E-state index contributed by atoms with van der Waals surface area (Å²) in [6.45, 7) is 0. The highest BCUT2D eigenvalue weighted by molar-refractivity contribution is 7.13. The standard InChI is InChI=1S/C14H15NO5S/c1-17-9-6-5-8(11(18-2)12(9)19-3)13-10(14(16)20-4)15-7-21-13/h5-7H,1-4H3. The molecule has 1 aromatic heterocycles. The SMILES string of the molecule is COC(=O)c1ncsc1-c1ccc(OC)c(OC)c1OC. The van der Waals surface area contributed by atoms with Gasteiger partial charge >= 0.3 is 5.97 Å². The molecule has 0 saturated heterocycles. The molecule has 0 aliphatic heterocycles. The first-order valence-electron chi connectivity index (χ1n) is 5.99. The zero-order valence-electron chi connectivity index (χ0n) is 12.1. The minimum Gasteiger partial charge on any atom is -0.493 e. The van der Waals surface area contributed by atoms with Gasteiger partial charge in [-0.05, 0) is 12.1 Å². The minimum absolute atomic E-state index is 0.244. The van der Waals surface area contributed by atoms with Gasteiger partial charge in [-0.15, -0.1) is 11.3 Å². The van der Waals surface area contributed by atoms with Crippen LogP contribution in [0.25, 0.3) is 10.4 Å². The third kappa shape index (κ3) is 2.64. The molecule has 2 aromatic rings. The molecule has 2 rings (SSSR count). The first-order valence-corrected chi connectivity index (χ1v) is 6.87. The third-order valence-electron chi connectivity index (χ3n) is 2.89. The van der Waals surface area contributed by atoms with E-state index in [9.17, 15) is 4.79 Å². The average Bonchev–Trinajstić information content (AvgIpc) is 3.01. The molecular weight excluding hydrogens is 294 g/mol. The lowest BCUT2D eigenvalue weighted by molar-refractivity contribution is 0.0596. The highest BCUT2D eigenvalue weighted by Gasteiger charge is 2.23. The van der Waals surface area contributed by atoms with Crippen molar-refractivity contribution in [3.63, 3.8) is 0 Å². The van der Waals surface area contributed by atoms with Crippen molar-refractivity contribution in [2.24, 2.45) is 0 Å². The van der Waals surface area contributed by atoms with Crippen molar-refractivity contribution in [2.75, 3.05) is 28.4 Å². The van der Waals surface area contributed by atoms with E-state index in [1.54, 1.807) is 24.8 Å². The van der Waals surface area contributed by atoms with Gasteiger partial charge in [0.1, 0.15) is 0 Å². The Morgan fingerprint density at radius 1 is 1.05 bits per heavy atom. The number of aromatic nitrogens is 1. The number of nitrogens with zero attached hydrogens (tertiary/aromatic N) is 1. The first-order chi connectivity index (χ1) is 10.2. The van der Waals surface area contributed by atoms with Crippen molar-refractivity contribution in [3.05, 3.63) is 23.3 Å². The molecule has 0 bridgehead atoms. The first kappa shape index (κ1) is 15.1. The summed E-state index contributed by atoms with van der Waals surface area (Å²) in [5, 5.41) is 0. The second-order valence-corrected chi connectivity index (χ2v) is 4.76. The maximum absolute atomic E-state index is 11.8. The molecule has 0 fully saturated rings. The average molecular weight is 309 g/mol. The molecule has 1 aromatic carbocycles. The van der Waals surface area contributed by atoms with Crippen molar-refractivity contribution < 1.29 is 23.7 Å². The van der Waals surface area contributed by atoms with Crippen LogP contribution in [0.5, 0.6) is 17.2 Å². The second kappa shape index (κ2) is 6.45. The molecule has 0 unspecified atom stereocenters. The molecule has 7 heteroatoms. The predicted molar refractivity (Wildman–Crippen MR) is 78.5 cm³/mol. The van der Waals surface area contributed by atoms with Crippen LogP contribution >= 0.6 is 11.3 Å². The van der Waals surface area contributed by atoms with Crippen LogP contribution in [-0.2, 0) is 4.74 Å². The summed E-state index contributed by atoms with van der Waals surface area (Å²) in [5.74, 6) is 0.985. The molecule has 1 heterocycles. The van der Waals surface area contributed by atoms with Crippen molar-refractivity contribution in [2.45, 2.75) is 0 Å². The van der Waals surface area contributed by atoms with Crippen LogP contribution in [0.1, 0.15) is 10.5 Å². The number of thiazole rings is 1. The van der Waals surface area contributed by atoms with E-state index in [-0.39, 0.29) is 5.69 Å². The van der Waals surface area contributed by atoms with Crippen molar-refractivity contribution >= 4 is 17.3 Å². The molecule has 6 nitrogen and oxygen atoms in total. The number of carbonyl (C=O) groups excluding carboxylic acids is 1. The molecular formula is C14H15NO5S. The molecule has 0 spiro atoms. The summed E-state index contributed by atoms with van der Waals surface area (Å²) in [6.07, 6.45) is 0. The Bertz CT molecular complexity index is 653. The molecule has 21 heavy (non-hydrogen) atoms. The van der Waals surface area contributed by atoms with E-state index in [4.69, 9.17) is 18.9 Å². The Hall–Kier alpha value is -2.28. The summed E-state index contributed by atoms with van der Waals surface area (Å²) in [4.78, 5) is 16.5. The number of esters is 1. The molecule has 0 saturated carbocycles. The van der Waals surface area contributed by atoms with Crippen molar-refractivity contribution in [1.82, 2.24) is 4.98 Å². The van der Waals surface area contributed by atoms with Crippen LogP contribution in [0.2, 0.25) is 0 Å². The van der Waals surface area contributed by atoms with Gasteiger partial charge in [0, 0.05) is 5.56 Å². The lowest BCUT2D eigenvalue weighted by Crippen LogP contribution is -2.04. The zero-order valence-corrected chi connectivity index (χ0v) is 12.9. The molecule has 112 valence electrons. The second-order valence-electron chi connectivity index (χ2n) is 3.90. The summed E-state index contributed by atoms with van der Waals surface area (Å²) in [5.41, 5.74) is 2.52. The fourth-order valence-corrected chi connectivity index (χ4v) is 2.76. The third-order valence-corrected chi connectivity index (χ3v) is 3.75. The van der Waals surface area contributed by atoms with Crippen LogP contribution in [0.4, 0.5) is 0 Å². The maximum Gasteiger partial charge on any atom is 0.358 e. The van der Waals surface area contributed by atoms with Gasteiger partial charge < -0.3 is 18.9 Å². The van der Waals surface area contributed by atoms with Crippen LogP contribution in [-0.4, -0.2) is 39.4 Å². The number of hydrogen-bond acceptors (Lipinski definition) is 7. The van der Waals surface area contributed by atoms with Crippen molar-refractivity contribution in [1.29, 1.82) is 0 Å². The van der Waals surface area contributed by atoms with Gasteiger partial charge in [-0.3, -0.25) is 0 Å². The Morgan fingerprint density at radius 3 is 2.33 bits per heavy atom. The number of hydrogen-bond donors (Lipinski definition) is 0. The fourth-order valence-electron chi connectivity index (χ4n) is 1.96. The van der Waals surface area contributed by atoms with E-state index in [0.717, 1.165) is 0 Å². The Labute approximate surface area is 126 Å². The number of carbonyl (C=O) groups is 1. The summed E-state index contributed by atoms with van der Waals surface area (Å²) in [7, 11) is 5.92. The number of methoxy groups -OCH3 is 4. The summed E-state index contributed by atoms with van der Waals surface area (Å²) < 4.78 is 20.7. The predicted octanol–water partition coefficient (Wildman–Crippen LogP) is 2.62. The molecule has 0 atom stereocenters. The van der Waals surface area contributed by atoms with Crippen LogP contribution in [0.15, 0.2) is 17.6 Å². The van der Waals surface area contributed by atoms with Gasteiger partial charge in [-0.1, -0.05) is 0 Å². The van der Waals surface area contributed by atoms with E-state index in [0.29, 0.717) is 27.7 Å². The van der Waals surface area contributed by atoms with E-state index in [1.165, 1.54) is 32.7 Å². The van der Waals surface area contributed by atoms with E-state index >= 15 is 0 Å². The van der Waals surface area contributed by atoms with Crippen LogP contribution in [0.3, 0.4) is 0 Å². The van der Waals surface area contributed by atoms with E-state index in [1.807, 2.05) is 0 Å². The molecule has 0 N–H and O–H groups in total. The lowest BCUT2D eigenvalue weighted by atomic mass is 10.1. The summed E-state index contributed by atoms with van der Waals surface area (Å²) in [6, 6.07) is 3.54. The van der Waals surface area contributed by atoms with Gasteiger partial charge in [-0.25, -0.2) is 9.78 Å². The normalized spacial score (nSPS) is 10.1. The van der Waals surface area contributed by atoms with Crippen LogP contribution in [0, 0.1) is 0 Å². The molecule has 0 aliphatic rings. The maximum atomic E-state index is 11.8. The largest absolute Gasteiger partial charge is 0.493 e. The lowest BCUT2D eigenvalue weighted by Gasteiger charge is -2.15. The quantitative estimate of drug-likeness (QED) is 0.791. The van der Waals surface area contributed by atoms with E-state index < -0.39 is 5.97 Å².